The van der Waals surface area contributed by atoms with Gasteiger partial charge in [-0.15, -0.1) is 0 Å². The molecule has 0 aromatic heterocycles. The predicted octanol–water partition coefficient (Wildman–Crippen LogP) is 4.59. The number of rotatable bonds is 7. The van der Waals surface area contributed by atoms with Crippen molar-refractivity contribution in [3.63, 3.8) is 0 Å². The van der Waals surface area contributed by atoms with Crippen molar-refractivity contribution in [1.82, 2.24) is 5.32 Å². The number of nitrogens with one attached hydrogen (secondary N) is 1. The zero-order valence-corrected chi connectivity index (χ0v) is 14.3. The number of carbonyl (C=O) groups is 1. The Morgan fingerprint density at radius 2 is 1.64 bits per heavy atom. The van der Waals surface area contributed by atoms with Gasteiger partial charge in [0.1, 0.15) is 0 Å². The molecule has 22 heavy (non-hydrogen) atoms. The van der Waals surface area contributed by atoms with Crippen LogP contribution < -0.4 is 5.32 Å². The van der Waals surface area contributed by atoms with Crippen LogP contribution in [0.25, 0.3) is 0 Å². The van der Waals surface area contributed by atoms with Crippen molar-refractivity contribution in [3.05, 3.63) is 69.7 Å². The molecule has 0 unspecified atom stereocenters. The quantitative estimate of drug-likeness (QED) is 0.737. The molecule has 0 aliphatic carbocycles. The van der Waals surface area contributed by atoms with Gasteiger partial charge in [0.05, 0.1) is 6.42 Å². The van der Waals surface area contributed by atoms with Crippen LogP contribution in [-0.4, -0.2) is 18.2 Å². The van der Waals surface area contributed by atoms with Crippen LogP contribution in [0.3, 0.4) is 0 Å². The van der Waals surface area contributed by atoms with Crippen LogP contribution in [-0.2, 0) is 17.0 Å². The normalized spacial score (nSPS) is 10.5. The molecule has 0 radical (unpaired) electrons. The molecule has 0 fully saturated rings. The molecule has 5 heteroatoms. The van der Waals surface area contributed by atoms with Crippen molar-refractivity contribution in [2.75, 3.05) is 12.3 Å². The van der Waals surface area contributed by atoms with Crippen molar-refractivity contribution in [2.45, 2.75) is 12.2 Å². The highest BCUT2D eigenvalue weighted by Crippen LogP contribution is 2.16. The fraction of sp³-hybridized carbons (Fsp3) is 0.235. The van der Waals surface area contributed by atoms with Crippen molar-refractivity contribution in [2.24, 2.45) is 0 Å². The SMILES string of the molecule is O=C(Cc1cccc(Cl)c1)NCCSCc1cccc(Cl)c1. The number of carbonyl (C=O) groups excluding carboxylic acids is 1. The van der Waals surface area contributed by atoms with Gasteiger partial charge in [-0.3, -0.25) is 4.79 Å². The molecular weight excluding hydrogens is 337 g/mol. The number of thioether (sulfide) groups is 1. The third-order valence-corrected chi connectivity index (χ3v) is 4.48. The highest BCUT2D eigenvalue weighted by atomic mass is 35.5. The van der Waals surface area contributed by atoms with E-state index >= 15 is 0 Å². The summed E-state index contributed by atoms with van der Waals surface area (Å²) >= 11 is 13.6. The second-order valence-corrected chi connectivity index (χ2v) is 6.82. The molecule has 0 bridgehead atoms. The molecule has 0 aliphatic heterocycles. The van der Waals surface area contributed by atoms with Gasteiger partial charge in [-0.25, -0.2) is 0 Å². The summed E-state index contributed by atoms with van der Waals surface area (Å²) in [6, 6.07) is 15.2. The summed E-state index contributed by atoms with van der Waals surface area (Å²) in [5, 5.41) is 4.33. The van der Waals surface area contributed by atoms with E-state index in [2.05, 4.69) is 11.4 Å². The lowest BCUT2D eigenvalue weighted by atomic mass is 10.1. The summed E-state index contributed by atoms with van der Waals surface area (Å²) in [4.78, 5) is 11.8. The molecule has 1 amide bonds. The summed E-state index contributed by atoms with van der Waals surface area (Å²) < 4.78 is 0. The standard InChI is InChI=1S/C17H17Cl2NOS/c18-15-5-1-3-13(9-15)11-17(21)20-7-8-22-12-14-4-2-6-16(19)10-14/h1-6,9-10H,7-8,11-12H2,(H,20,21). The minimum Gasteiger partial charge on any atom is -0.355 e. The largest absolute Gasteiger partial charge is 0.355 e. The Bertz CT molecular complexity index is 634. The summed E-state index contributed by atoms with van der Waals surface area (Å²) in [6.07, 6.45) is 0.361. The molecule has 2 aromatic carbocycles. The third-order valence-electron chi connectivity index (χ3n) is 2.98. The molecule has 2 aromatic rings. The average molecular weight is 354 g/mol. The Morgan fingerprint density at radius 3 is 2.32 bits per heavy atom. The predicted molar refractivity (Wildman–Crippen MR) is 95.8 cm³/mol. The van der Waals surface area contributed by atoms with Crippen LogP contribution in [0, 0.1) is 0 Å². The molecule has 0 saturated heterocycles. The first kappa shape index (κ1) is 17.2. The Kier molecular flexibility index (Phi) is 7.10. The van der Waals surface area contributed by atoms with E-state index < -0.39 is 0 Å². The van der Waals surface area contributed by atoms with Gasteiger partial charge >= 0.3 is 0 Å². The van der Waals surface area contributed by atoms with E-state index in [1.54, 1.807) is 17.8 Å². The average Bonchev–Trinajstić information content (AvgIpc) is 2.47. The second-order valence-electron chi connectivity index (χ2n) is 4.84. The zero-order valence-electron chi connectivity index (χ0n) is 12.0. The molecule has 0 atom stereocenters. The molecule has 1 N–H and O–H groups in total. The summed E-state index contributed by atoms with van der Waals surface area (Å²) in [7, 11) is 0. The molecule has 0 saturated carbocycles. The topological polar surface area (TPSA) is 29.1 Å². The molecule has 116 valence electrons. The van der Waals surface area contributed by atoms with E-state index in [0.29, 0.717) is 18.0 Å². The number of amides is 1. The van der Waals surface area contributed by atoms with Crippen molar-refractivity contribution < 1.29 is 4.79 Å². The zero-order chi connectivity index (χ0) is 15.8. The molecule has 2 nitrogen and oxygen atoms in total. The Morgan fingerprint density at radius 1 is 1.00 bits per heavy atom. The first-order chi connectivity index (χ1) is 10.6. The van der Waals surface area contributed by atoms with Gasteiger partial charge in [0.2, 0.25) is 5.91 Å². The maximum atomic E-state index is 11.8. The summed E-state index contributed by atoms with van der Waals surface area (Å²) in [5.74, 6) is 1.78. The molecule has 2 rings (SSSR count). The van der Waals surface area contributed by atoms with E-state index in [9.17, 15) is 4.79 Å². The maximum absolute atomic E-state index is 11.8. The summed E-state index contributed by atoms with van der Waals surface area (Å²) in [6.45, 7) is 0.657. The summed E-state index contributed by atoms with van der Waals surface area (Å²) in [5.41, 5.74) is 2.12. The first-order valence-electron chi connectivity index (χ1n) is 6.97. The van der Waals surface area contributed by atoms with Crippen LogP contribution >= 0.6 is 35.0 Å². The smallest absolute Gasteiger partial charge is 0.224 e. The molecule has 0 aliphatic rings. The van der Waals surface area contributed by atoms with E-state index in [1.807, 2.05) is 36.4 Å². The van der Waals surface area contributed by atoms with Crippen LogP contribution in [0.15, 0.2) is 48.5 Å². The first-order valence-corrected chi connectivity index (χ1v) is 8.88. The minimum atomic E-state index is 0.0191. The lowest BCUT2D eigenvalue weighted by Gasteiger charge is -2.06. The Hall–Kier alpha value is -1.16. The molecule has 0 spiro atoms. The van der Waals surface area contributed by atoms with Crippen molar-refractivity contribution in [3.8, 4) is 0 Å². The fourth-order valence-electron chi connectivity index (χ4n) is 1.97. The van der Waals surface area contributed by atoms with Gasteiger partial charge in [0.25, 0.3) is 0 Å². The second kappa shape index (κ2) is 9.09. The van der Waals surface area contributed by atoms with Crippen molar-refractivity contribution >= 4 is 40.9 Å². The highest BCUT2D eigenvalue weighted by molar-refractivity contribution is 7.98. The van der Waals surface area contributed by atoms with Gasteiger partial charge in [-0.05, 0) is 35.4 Å². The van der Waals surface area contributed by atoms with E-state index in [1.165, 1.54) is 5.56 Å². The van der Waals surface area contributed by atoms with Gasteiger partial charge in [-0.2, -0.15) is 11.8 Å². The van der Waals surface area contributed by atoms with Gasteiger partial charge in [0.15, 0.2) is 0 Å². The minimum absolute atomic E-state index is 0.0191. The van der Waals surface area contributed by atoms with E-state index in [4.69, 9.17) is 23.2 Å². The lowest BCUT2D eigenvalue weighted by Crippen LogP contribution is -2.27. The number of benzene rings is 2. The number of halogens is 2. The lowest BCUT2D eigenvalue weighted by molar-refractivity contribution is -0.120. The van der Waals surface area contributed by atoms with Crippen LogP contribution in [0.4, 0.5) is 0 Å². The van der Waals surface area contributed by atoms with Gasteiger partial charge in [0, 0.05) is 28.1 Å². The fourth-order valence-corrected chi connectivity index (χ4v) is 3.21. The van der Waals surface area contributed by atoms with Crippen LogP contribution in [0.2, 0.25) is 10.0 Å². The molecule has 0 heterocycles. The number of hydrogen-bond acceptors (Lipinski definition) is 2. The Balaban J connectivity index is 1.63. The van der Waals surface area contributed by atoms with Crippen molar-refractivity contribution in [1.29, 1.82) is 0 Å². The maximum Gasteiger partial charge on any atom is 0.224 e. The Labute approximate surface area is 145 Å². The van der Waals surface area contributed by atoms with E-state index in [-0.39, 0.29) is 5.91 Å². The van der Waals surface area contributed by atoms with Gasteiger partial charge in [-0.1, -0.05) is 47.5 Å². The monoisotopic (exact) mass is 353 g/mol. The van der Waals surface area contributed by atoms with Crippen LogP contribution in [0.1, 0.15) is 11.1 Å². The van der Waals surface area contributed by atoms with Gasteiger partial charge < -0.3 is 5.32 Å². The number of hydrogen-bond donors (Lipinski definition) is 1. The third kappa shape index (κ3) is 6.30. The highest BCUT2D eigenvalue weighted by Gasteiger charge is 2.03. The van der Waals surface area contributed by atoms with Crippen LogP contribution in [0.5, 0.6) is 0 Å². The van der Waals surface area contributed by atoms with E-state index in [0.717, 1.165) is 22.1 Å². The molecular formula is C17H17Cl2NOS.